The smallest absolute Gasteiger partial charge is 0.251 e. The van der Waals surface area contributed by atoms with E-state index in [9.17, 15) is 9.18 Å². The molecule has 0 bridgehead atoms. The molecule has 0 aliphatic carbocycles. The van der Waals surface area contributed by atoms with E-state index in [2.05, 4.69) is 21.2 Å². The highest BCUT2D eigenvalue weighted by Gasteiger charge is 2.10. The summed E-state index contributed by atoms with van der Waals surface area (Å²) >= 11 is 3.22. The second kappa shape index (κ2) is 6.58. The molecule has 1 amide bonds. The molecule has 2 aromatic carbocycles. The van der Waals surface area contributed by atoms with Crippen LogP contribution in [0.2, 0.25) is 0 Å². The highest BCUT2D eigenvalue weighted by molar-refractivity contribution is 9.10. The van der Waals surface area contributed by atoms with Crippen LogP contribution >= 0.6 is 15.9 Å². The van der Waals surface area contributed by atoms with Gasteiger partial charge in [0.2, 0.25) is 0 Å². The lowest BCUT2D eigenvalue weighted by Gasteiger charge is -2.11. The van der Waals surface area contributed by atoms with Gasteiger partial charge in [0, 0.05) is 12.1 Å². The van der Waals surface area contributed by atoms with Crippen LogP contribution in [0, 0.1) is 5.82 Å². The van der Waals surface area contributed by atoms with Crippen molar-refractivity contribution in [3.05, 3.63) is 52.3 Å². The minimum absolute atomic E-state index is 0.196. The van der Waals surface area contributed by atoms with E-state index < -0.39 is 0 Å². The van der Waals surface area contributed by atoms with Gasteiger partial charge in [-0.05, 0) is 59.3 Å². The Balaban J connectivity index is 2.23. The third kappa shape index (κ3) is 3.72. The van der Waals surface area contributed by atoms with Crippen molar-refractivity contribution >= 4 is 27.5 Å². The summed E-state index contributed by atoms with van der Waals surface area (Å²) in [5.74, 6) is 0.275. The monoisotopic (exact) mass is 352 g/mol. The van der Waals surface area contributed by atoms with Crippen molar-refractivity contribution in [3.8, 4) is 11.5 Å². The number of anilines is 1. The van der Waals surface area contributed by atoms with Crippen LogP contribution in [0.5, 0.6) is 11.5 Å². The summed E-state index contributed by atoms with van der Waals surface area (Å²) in [6.07, 6.45) is 0. The van der Waals surface area contributed by atoms with Crippen LogP contribution in [0.1, 0.15) is 17.3 Å². The summed E-state index contributed by atoms with van der Waals surface area (Å²) < 4.78 is 19.1. The molecule has 2 aromatic rings. The van der Waals surface area contributed by atoms with Crippen molar-refractivity contribution in [3.63, 3.8) is 0 Å². The van der Waals surface area contributed by atoms with Gasteiger partial charge in [-0.25, -0.2) is 4.39 Å². The fourth-order valence-electron chi connectivity index (χ4n) is 1.72. The van der Waals surface area contributed by atoms with Gasteiger partial charge in [-0.1, -0.05) is 0 Å². The van der Waals surface area contributed by atoms with Gasteiger partial charge in [-0.3, -0.25) is 4.79 Å². The lowest BCUT2D eigenvalue weighted by Crippen LogP contribution is -2.22. The van der Waals surface area contributed by atoms with Crippen molar-refractivity contribution in [1.29, 1.82) is 0 Å². The van der Waals surface area contributed by atoms with E-state index in [-0.39, 0.29) is 11.7 Å². The SMILES string of the molecule is CCNC(=O)c1ccc(Oc2ccc(F)cc2Br)c(N)c1. The van der Waals surface area contributed by atoms with E-state index in [0.717, 1.165) is 0 Å². The van der Waals surface area contributed by atoms with Crippen molar-refractivity contribution < 1.29 is 13.9 Å². The summed E-state index contributed by atoms with van der Waals surface area (Å²) in [5.41, 5.74) is 6.68. The Hall–Kier alpha value is -2.08. The van der Waals surface area contributed by atoms with Gasteiger partial charge in [0.15, 0.2) is 0 Å². The molecule has 0 heterocycles. The molecule has 0 saturated heterocycles. The van der Waals surface area contributed by atoms with Gasteiger partial charge in [-0.2, -0.15) is 0 Å². The number of carbonyl (C=O) groups is 1. The van der Waals surface area contributed by atoms with Crippen molar-refractivity contribution in [2.45, 2.75) is 6.92 Å². The summed E-state index contributed by atoms with van der Waals surface area (Å²) in [5, 5.41) is 2.69. The Morgan fingerprint density at radius 3 is 2.62 bits per heavy atom. The van der Waals surface area contributed by atoms with Crippen LogP contribution in [-0.2, 0) is 0 Å². The first-order valence-electron chi connectivity index (χ1n) is 6.32. The lowest BCUT2D eigenvalue weighted by molar-refractivity contribution is 0.0956. The lowest BCUT2D eigenvalue weighted by atomic mass is 10.1. The van der Waals surface area contributed by atoms with Crippen molar-refractivity contribution in [2.24, 2.45) is 0 Å². The summed E-state index contributed by atoms with van der Waals surface area (Å²) in [4.78, 5) is 11.7. The number of nitrogens with one attached hydrogen (secondary N) is 1. The Kier molecular flexibility index (Phi) is 4.80. The number of ether oxygens (including phenoxy) is 1. The predicted molar refractivity (Wildman–Crippen MR) is 83.0 cm³/mol. The van der Waals surface area contributed by atoms with E-state index in [1.807, 2.05) is 6.92 Å². The highest BCUT2D eigenvalue weighted by atomic mass is 79.9. The molecule has 110 valence electrons. The molecule has 0 spiro atoms. The Labute approximate surface area is 130 Å². The third-order valence-electron chi connectivity index (χ3n) is 2.72. The number of hydrogen-bond acceptors (Lipinski definition) is 3. The fourth-order valence-corrected chi connectivity index (χ4v) is 2.15. The van der Waals surface area contributed by atoms with Crippen LogP contribution in [0.25, 0.3) is 0 Å². The van der Waals surface area contributed by atoms with Crippen molar-refractivity contribution in [2.75, 3.05) is 12.3 Å². The second-order valence-corrected chi connectivity index (χ2v) is 5.14. The number of nitrogen functional groups attached to an aromatic ring is 1. The highest BCUT2D eigenvalue weighted by Crippen LogP contribution is 2.33. The average Bonchev–Trinajstić information content (AvgIpc) is 2.44. The molecular weight excluding hydrogens is 339 g/mol. The van der Waals surface area contributed by atoms with Gasteiger partial charge in [0.1, 0.15) is 17.3 Å². The van der Waals surface area contributed by atoms with Crippen LogP contribution in [0.15, 0.2) is 40.9 Å². The normalized spacial score (nSPS) is 10.2. The molecule has 0 saturated carbocycles. The first kappa shape index (κ1) is 15.3. The maximum absolute atomic E-state index is 13.0. The van der Waals surface area contributed by atoms with Crippen LogP contribution in [0.3, 0.4) is 0 Å². The number of benzene rings is 2. The minimum Gasteiger partial charge on any atom is -0.454 e. The largest absolute Gasteiger partial charge is 0.454 e. The molecular formula is C15H14BrFN2O2. The first-order valence-corrected chi connectivity index (χ1v) is 7.11. The maximum atomic E-state index is 13.0. The van der Waals surface area contributed by atoms with Gasteiger partial charge in [0.05, 0.1) is 10.2 Å². The Morgan fingerprint density at radius 1 is 1.29 bits per heavy atom. The summed E-state index contributed by atoms with van der Waals surface area (Å²) in [7, 11) is 0. The van der Waals surface area contributed by atoms with E-state index in [1.54, 1.807) is 12.1 Å². The molecule has 0 aliphatic rings. The molecule has 2 rings (SSSR count). The van der Waals surface area contributed by atoms with Gasteiger partial charge < -0.3 is 15.8 Å². The summed E-state index contributed by atoms with van der Waals surface area (Å²) in [6, 6.07) is 8.85. The molecule has 0 unspecified atom stereocenters. The van der Waals surface area contributed by atoms with Crippen molar-refractivity contribution in [1.82, 2.24) is 5.32 Å². The number of amides is 1. The van der Waals surface area contributed by atoms with Gasteiger partial charge in [0.25, 0.3) is 5.91 Å². The van der Waals surface area contributed by atoms with E-state index in [0.29, 0.717) is 33.8 Å². The topological polar surface area (TPSA) is 64.3 Å². The molecule has 3 N–H and O–H groups in total. The molecule has 0 aliphatic heterocycles. The third-order valence-corrected chi connectivity index (χ3v) is 3.34. The molecule has 0 fully saturated rings. The van der Waals surface area contributed by atoms with E-state index in [4.69, 9.17) is 10.5 Å². The average molecular weight is 353 g/mol. The first-order chi connectivity index (χ1) is 10.0. The van der Waals surface area contributed by atoms with Gasteiger partial charge >= 0.3 is 0 Å². The predicted octanol–water partition coefficient (Wildman–Crippen LogP) is 3.71. The molecule has 0 aromatic heterocycles. The molecule has 0 atom stereocenters. The quantitative estimate of drug-likeness (QED) is 0.824. The number of nitrogens with two attached hydrogens (primary N) is 1. The Bertz CT molecular complexity index is 677. The number of hydrogen-bond donors (Lipinski definition) is 2. The summed E-state index contributed by atoms with van der Waals surface area (Å²) in [6.45, 7) is 2.38. The van der Waals surface area contributed by atoms with E-state index >= 15 is 0 Å². The second-order valence-electron chi connectivity index (χ2n) is 4.29. The molecule has 4 nitrogen and oxygen atoms in total. The number of halogens is 2. The zero-order valence-electron chi connectivity index (χ0n) is 11.3. The van der Waals surface area contributed by atoms with E-state index in [1.165, 1.54) is 24.3 Å². The molecule has 0 radical (unpaired) electrons. The zero-order valence-corrected chi connectivity index (χ0v) is 12.9. The maximum Gasteiger partial charge on any atom is 0.251 e. The number of carbonyl (C=O) groups excluding carboxylic acids is 1. The van der Waals surface area contributed by atoms with Crippen LogP contribution in [-0.4, -0.2) is 12.5 Å². The standard InChI is InChI=1S/C15H14BrFN2O2/c1-2-19-15(20)9-3-5-14(12(18)7-9)21-13-6-4-10(17)8-11(13)16/h3-8H,2,18H2,1H3,(H,19,20). The van der Waals surface area contributed by atoms with Crippen LogP contribution in [0.4, 0.5) is 10.1 Å². The van der Waals surface area contributed by atoms with Gasteiger partial charge in [-0.15, -0.1) is 0 Å². The fraction of sp³-hybridized carbons (Fsp3) is 0.133. The molecule has 21 heavy (non-hydrogen) atoms. The minimum atomic E-state index is -0.367. The number of rotatable bonds is 4. The van der Waals surface area contributed by atoms with Crippen LogP contribution < -0.4 is 15.8 Å². The Morgan fingerprint density at radius 2 is 2.00 bits per heavy atom. The molecule has 6 heteroatoms. The zero-order chi connectivity index (χ0) is 15.4.